The summed E-state index contributed by atoms with van der Waals surface area (Å²) < 4.78 is 7.16. The Labute approximate surface area is 195 Å². The van der Waals surface area contributed by atoms with Crippen LogP contribution >= 0.6 is 0 Å². The molecule has 33 heavy (non-hydrogen) atoms. The number of benzene rings is 2. The number of aryl methyl sites for hydroxylation is 1. The van der Waals surface area contributed by atoms with E-state index in [1.54, 1.807) is 7.11 Å². The highest BCUT2D eigenvalue weighted by molar-refractivity contribution is 5.76. The minimum absolute atomic E-state index is 0.0366. The SMILES string of the molecule is COCCC(=O)NC(C)c1nnc2n1CCN(Cc1cccc(-c3ccccc3C)c1)CC2. The Morgan fingerprint density at radius 3 is 2.79 bits per heavy atom. The van der Waals surface area contributed by atoms with Gasteiger partial charge in [-0.05, 0) is 42.2 Å². The number of nitrogens with zero attached hydrogens (tertiary/aromatic N) is 4. The third-order valence-corrected chi connectivity index (χ3v) is 6.23. The maximum Gasteiger partial charge on any atom is 0.222 e. The lowest BCUT2D eigenvalue weighted by Crippen LogP contribution is -2.30. The van der Waals surface area contributed by atoms with E-state index in [9.17, 15) is 4.79 Å². The molecule has 0 fully saturated rings. The molecule has 0 bridgehead atoms. The summed E-state index contributed by atoms with van der Waals surface area (Å²) in [7, 11) is 1.60. The van der Waals surface area contributed by atoms with E-state index in [1.165, 1.54) is 22.3 Å². The van der Waals surface area contributed by atoms with E-state index >= 15 is 0 Å². The van der Waals surface area contributed by atoms with Crippen LogP contribution in [-0.4, -0.2) is 52.4 Å². The van der Waals surface area contributed by atoms with E-state index in [-0.39, 0.29) is 11.9 Å². The second kappa shape index (κ2) is 10.7. The van der Waals surface area contributed by atoms with Gasteiger partial charge in [-0.2, -0.15) is 0 Å². The van der Waals surface area contributed by atoms with Gasteiger partial charge in [0.05, 0.1) is 12.6 Å². The summed E-state index contributed by atoms with van der Waals surface area (Å²) in [5, 5.41) is 11.8. The third-order valence-electron chi connectivity index (χ3n) is 6.23. The van der Waals surface area contributed by atoms with Crippen LogP contribution in [0, 0.1) is 6.92 Å². The van der Waals surface area contributed by atoms with Crippen molar-refractivity contribution < 1.29 is 9.53 Å². The van der Waals surface area contributed by atoms with Gasteiger partial charge in [-0.25, -0.2) is 0 Å². The standard InChI is InChI=1S/C26H33N5O2/c1-19-7-4-5-10-23(19)22-9-6-8-21(17-22)18-30-13-11-24-28-29-26(31(24)15-14-30)20(2)27-25(32)12-16-33-3/h4-10,17,20H,11-16,18H2,1-3H3,(H,27,32). The summed E-state index contributed by atoms with van der Waals surface area (Å²) in [6.45, 7) is 8.09. The predicted octanol–water partition coefficient (Wildman–Crippen LogP) is 3.53. The zero-order chi connectivity index (χ0) is 23.2. The van der Waals surface area contributed by atoms with Crippen LogP contribution in [0.15, 0.2) is 48.5 Å². The molecule has 2 heterocycles. The van der Waals surface area contributed by atoms with Crippen LogP contribution in [0.5, 0.6) is 0 Å². The monoisotopic (exact) mass is 447 g/mol. The smallest absolute Gasteiger partial charge is 0.222 e. The summed E-state index contributed by atoms with van der Waals surface area (Å²) in [6, 6.07) is 17.2. The van der Waals surface area contributed by atoms with Crippen molar-refractivity contribution in [1.82, 2.24) is 25.0 Å². The molecule has 1 aliphatic heterocycles. The Kier molecular flexibility index (Phi) is 7.52. The van der Waals surface area contributed by atoms with Gasteiger partial charge in [-0.15, -0.1) is 10.2 Å². The number of hydrogen-bond donors (Lipinski definition) is 1. The van der Waals surface area contributed by atoms with Gasteiger partial charge in [0, 0.05) is 46.1 Å². The summed E-state index contributed by atoms with van der Waals surface area (Å²) >= 11 is 0. The Morgan fingerprint density at radius 2 is 1.97 bits per heavy atom. The third kappa shape index (κ3) is 5.67. The van der Waals surface area contributed by atoms with Crippen LogP contribution < -0.4 is 5.32 Å². The average Bonchev–Trinajstić information content (AvgIpc) is 3.13. The number of nitrogens with one attached hydrogen (secondary N) is 1. The highest BCUT2D eigenvalue weighted by Gasteiger charge is 2.22. The normalized spacial score (nSPS) is 15.0. The molecule has 1 unspecified atom stereocenters. The van der Waals surface area contributed by atoms with Gasteiger partial charge in [-0.1, -0.05) is 42.5 Å². The minimum atomic E-state index is -0.187. The van der Waals surface area contributed by atoms with E-state index in [2.05, 4.69) is 80.4 Å². The van der Waals surface area contributed by atoms with E-state index in [1.807, 2.05) is 6.92 Å². The molecule has 0 radical (unpaired) electrons. The van der Waals surface area contributed by atoms with Crippen molar-refractivity contribution in [2.75, 3.05) is 26.8 Å². The molecule has 7 nitrogen and oxygen atoms in total. The molecule has 2 aromatic carbocycles. The second-order valence-electron chi connectivity index (χ2n) is 8.70. The zero-order valence-electron chi connectivity index (χ0n) is 19.8. The van der Waals surface area contributed by atoms with Gasteiger partial charge in [0.25, 0.3) is 0 Å². The Balaban J connectivity index is 1.41. The molecule has 4 rings (SSSR count). The molecule has 0 saturated heterocycles. The van der Waals surface area contributed by atoms with Gasteiger partial charge in [-0.3, -0.25) is 9.69 Å². The summed E-state index contributed by atoms with van der Waals surface area (Å²) in [5.41, 5.74) is 5.15. The molecule has 1 atom stereocenters. The number of rotatable bonds is 8. The summed E-state index contributed by atoms with van der Waals surface area (Å²) in [5.74, 6) is 1.77. The molecule has 1 N–H and O–H groups in total. The average molecular weight is 448 g/mol. The van der Waals surface area contributed by atoms with Gasteiger partial charge in [0.2, 0.25) is 5.91 Å². The van der Waals surface area contributed by atoms with Gasteiger partial charge in [0.1, 0.15) is 5.82 Å². The highest BCUT2D eigenvalue weighted by atomic mass is 16.5. The lowest BCUT2D eigenvalue weighted by atomic mass is 9.99. The van der Waals surface area contributed by atoms with Crippen molar-refractivity contribution in [2.24, 2.45) is 0 Å². The Morgan fingerprint density at radius 1 is 1.12 bits per heavy atom. The number of carbonyl (C=O) groups is 1. The van der Waals surface area contributed by atoms with Crippen molar-refractivity contribution in [3.63, 3.8) is 0 Å². The maximum absolute atomic E-state index is 12.1. The van der Waals surface area contributed by atoms with E-state index in [4.69, 9.17) is 4.74 Å². The number of aromatic nitrogens is 3. The molecule has 1 amide bonds. The van der Waals surface area contributed by atoms with Crippen LogP contribution in [0.4, 0.5) is 0 Å². The first-order chi connectivity index (χ1) is 16.0. The van der Waals surface area contributed by atoms with Crippen molar-refractivity contribution in [1.29, 1.82) is 0 Å². The molecule has 3 aromatic rings. The second-order valence-corrected chi connectivity index (χ2v) is 8.70. The Bertz CT molecular complexity index is 1090. The number of ether oxygens (including phenoxy) is 1. The summed E-state index contributed by atoms with van der Waals surface area (Å²) in [4.78, 5) is 14.6. The molecular formula is C26H33N5O2. The van der Waals surface area contributed by atoms with E-state index in [0.717, 1.165) is 44.2 Å². The van der Waals surface area contributed by atoms with Crippen LogP contribution in [0.2, 0.25) is 0 Å². The predicted molar refractivity (Wildman–Crippen MR) is 129 cm³/mol. The maximum atomic E-state index is 12.1. The molecule has 0 spiro atoms. The molecule has 1 aromatic heterocycles. The van der Waals surface area contributed by atoms with E-state index < -0.39 is 0 Å². The van der Waals surface area contributed by atoms with Gasteiger partial charge < -0.3 is 14.6 Å². The quantitative estimate of drug-likeness (QED) is 0.572. The first-order valence-electron chi connectivity index (χ1n) is 11.6. The van der Waals surface area contributed by atoms with Gasteiger partial charge >= 0.3 is 0 Å². The molecule has 174 valence electrons. The van der Waals surface area contributed by atoms with Crippen molar-refractivity contribution in [3.8, 4) is 11.1 Å². The van der Waals surface area contributed by atoms with Crippen LogP contribution in [-0.2, 0) is 29.0 Å². The minimum Gasteiger partial charge on any atom is -0.384 e. The molecule has 0 aliphatic carbocycles. The van der Waals surface area contributed by atoms with E-state index in [0.29, 0.717) is 13.0 Å². The van der Waals surface area contributed by atoms with Crippen molar-refractivity contribution in [3.05, 3.63) is 71.3 Å². The number of fused-ring (bicyclic) bond motifs is 1. The van der Waals surface area contributed by atoms with Crippen molar-refractivity contribution >= 4 is 5.91 Å². The highest BCUT2D eigenvalue weighted by Crippen LogP contribution is 2.25. The lowest BCUT2D eigenvalue weighted by Gasteiger charge is -2.21. The lowest BCUT2D eigenvalue weighted by molar-refractivity contribution is -0.122. The van der Waals surface area contributed by atoms with Crippen LogP contribution in [0.1, 0.15) is 42.2 Å². The van der Waals surface area contributed by atoms with Crippen molar-refractivity contribution in [2.45, 2.75) is 45.8 Å². The first kappa shape index (κ1) is 23.1. The molecule has 1 aliphatic rings. The van der Waals surface area contributed by atoms with Gasteiger partial charge in [0.15, 0.2) is 5.82 Å². The Hall–Kier alpha value is -3.03. The number of carbonyl (C=O) groups excluding carboxylic acids is 1. The number of hydrogen-bond acceptors (Lipinski definition) is 5. The summed E-state index contributed by atoms with van der Waals surface area (Å²) in [6.07, 6.45) is 1.19. The zero-order valence-corrected chi connectivity index (χ0v) is 19.8. The first-order valence-corrected chi connectivity index (χ1v) is 11.6. The fourth-order valence-corrected chi connectivity index (χ4v) is 4.43. The van der Waals surface area contributed by atoms with Crippen LogP contribution in [0.3, 0.4) is 0 Å². The number of methoxy groups -OCH3 is 1. The van der Waals surface area contributed by atoms with Crippen LogP contribution in [0.25, 0.3) is 11.1 Å². The molecule has 0 saturated carbocycles. The fourth-order valence-electron chi connectivity index (χ4n) is 4.43. The molecular weight excluding hydrogens is 414 g/mol. The fraction of sp³-hybridized carbons (Fsp3) is 0.423. The topological polar surface area (TPSA) is 72.3 Å². The largest absolute Gasteiger partial charge is 0.384 e. The molecule has 7 heteroatoms. The number of amides is 1.